The molecule has 0 aromatic carbocycles. The van der Waals surface area contributed by atoms with Crippen molar-refractivity contribution >= 4 is 5.91 Å². The van der Waals surface area contributed by atoms with Crippen LogP contribution in [0.2, 0.25) is 0 Å². The Kier molecular flexibility index (Phi) is 4.74. The largest absolute Gasteiger partial charge is 0.472 e. The van der Waals surface area contributed by atoms with Crippen LogP contribution in [-0.4, -0.2) is 49.7 Å². The van der Waals surface area contributed by atoms with Gasteiger partial charge in [0.05, 0.1) is 17.8 Å². The number of amides is 1. The Morgan fingerprint density at radius 2 is 2.00 bits per heavy atom. The normalized spacial score (nSPS) is 17.6. The minimum atomic E-state index is -0.0521. The Bertz CT molecular complexity index is 779. The summed E-state index contributed by atoms with van der Waals surface area (Å²) in [6, 6.07) is 1.84. The van der Waals surface area contributed by atoms with Crippen LogP contribution < -0.4 is 4.74 Å². The standard InChI is InChI=1S/C18H25N5O2/c1-11-9-16(20-14(4)19-11)25-15-7-6-8-23(10-15)18(24)17-12(2)21-22(5)13(17)3/h9,15H,6-8,10H2,1-5H3. The van der Waals surface area contributed by atoms with Gasteiger partial charge in [-0.2, -0.15) is 10.1 Å². The number of piperidine rings is 1. The van der Waals surface area contributed by atoms with E-state index in [1.807, 2.05) is 45.7 Å². The first kappa shape index (κ1) is 17.4. The predicted molar refractivity (Wildman–Crippen MR) is 93.7 cm³/mol. The average molecular weight is 343 g/mol. The molecule has 2 aromatic heterocycles. The summed E-state index contributed by atoms with van der Waals surface area (Å²) in [6.45, 7) is 8.89. The molecule has 0 aliphatic carbocycles. The van der Waals surface area contributed by atoms with Crippen molar-refractivity contribution in [2.75, 3.05) is 13.1 Å². The van der Waals surface area contributed by atoms with E-state index in [1.54, 1.807) is 4.68 Å². The lowest BCUT2D eigenvalue weighted by atomic mass is 10.1. The number of hydrogen-bond acceptors (Lipinski definition) is 5. The Labute approximate surface area is 148 Å². The van der Waals surface area contributed by atoms with E-state index in [0.717, 1.165) is 36.5 Å². The van der Waals surface area contributed by atoms with Gasteiger partial charge in [0.1, 0.15) is 11.9 Å². The highest BCUT2D eigenvalue weighted by molar-refractivity contribution is 5.96. The molecule has 25 heavy (non-hydrogen) atoms. The molecule has 1 aliphatic heterocycles. The Morgan fingerprint density at radius 3 is 2.64 bits per heavy atom. The van der Waals surface area contributed by atoms with Crippen molar-refractivity contribution in [2.45, 2.75) is 46.6 Å². The summed E-state index contributed by atoms with van der Waals surface area (Å²) in [5.41, 5.74) is 3.26. The van der Waals surface area contributed by atoms with Crippen LogP contribution in [-0.2, 0) is 7.05 Å². The van der Waals surface area contributed by atoms with Crippen molar-refractivity contribution in [1.82, 2.24) is 24.6 Å². The summed E-state index contributed by atoms with van der Waals surface area (Å²) >= 11 is 0. The molecule has 7 heteroatoms. The predicted octanol–water partition coefficient (Wildman–Crippen LogP) is 2.13. The van der Waals surface area contributed by atoms with Crippen LogP contribution in [0.25, 0.3) is 0 Å². The molecule has 1 fully saturated rings. The zero-order valence-corrected chi connectivity index (χ0v) is 15.5. The van der Waals surface area contributed by atoms with Crippen LogP contribution >= 0.6 is 0 Å². The van der Waals surface area contributed by atoms with Crippen molar-refractivity contribution < 1.29 is 9.53 Å². The third-order valence-electron chi connectivity index (χ3n) is 4.62. The molecule has 1 amide bonds. The minimum Gasteiger partial charge on any atom is -0.472 e. The maximum Gasteiger partial charge on any atom is 0.257 e. The van der Waals surface area contributed by atoms with Crippen molar-refractivity contribution in [2.24, 2.45) is 7.05 Å². The van der Waals surface area contributed by atoms with Crippen LogP contribution in [0.4, 0.5) is 0 Å². The van der Waals surface area contributed by atoms with Crippen LogP contribution in [0.15, 0.2) is 6.07 Å². The molecule has 0 radical (unpaired) electrons. The second kappa shape index (κ2) is 6.82. The van der Waals surface area contributed by atoms with Gasteiger partial charge in [0.15, 0.2) is 0 Å². The fourth-order valence-electron chi connectivity index (χ4n) is 3.37. The van der Waals surface area contributed by atoms with Crippen LogP contribution in [0, 0.1) is 27.7 Å². The maximum atomic E-state index is 13.0. The Balaban J connectivity index is 1.73. The lowest BCUT2D eigenvalue weighted by Crippen LogP contribution is -2.44. The van der Waals surface area contributed by atoms with E-state index < -0.39 is 0 Å². The molecule has 2 aromatic rings. The number of hydrogen-bond donors (Lipinski definition) is 0. The number of aryl methyl sites for hydroxylation is 4. The molecule has 0 spiro atoms. The van der Waals surface area contributed by atoms with E-state index in [1.165, 1.54) is 0 Å². The average Bonchev–Trinajstić information content (AvgIpc) is 2.78. The molecule has 1 atom stereocenters. The van der Waals surface area contributed by atoms with Gasteiger partial charge in [0, 0.05) is 31.0 Å². The highest BCUT2D eigenvalue weighted by Gasteiger charge is 2.29. The van der Waals surface area contributed by atoms with E-state index in [0.29, 0.717) is 23.8 Å². The number of likely N-dealkylation sites (tertiary alicyclic amines) is 1. The van der Waals surface area contributed by atoms with Gasteiger partial charge in [0.2, 0.25) is 5.88 Å². The Morgan fingerprint density at radius 1 is 1.24 bits per heavy atom. The monoisotopic (exact) mass is 343 g/mol. The van der Waals surface area contributed by atoms with Crippen molar-refractivity contribution in [3.63, 3.8) is 0 Å². The molecule has 134 valence electrons. The van der Waals surface area contributed by atoms with Crippen molar-refractivity contribution in [3.05, 3.63) is 34.5 Å². The number of carbonyl (C=O) groups is 1. The van der Waals surface area contributed by atoms with Crippen LogP contribution in [0.5, 0.6) is 5.88 Å². The first-order valence-corrected chi connectivity index (χ1v) is 8.63. The molecule has 3 heterocycles. The van der Waals surface area contributed by atoms with Gasteiger partial charge in [-0.15, -0.1) is 0 Å². The zero-order valence-electron chi connectivity index (χ0n) is 15.5. The van der Waals surface area contributed by atoms with Gasteiger partial charge in [-0.25, -0.2) is 4.98 Å². The first-order valence-electron chi connectivity index (χ1n) is 8.63. The number of nitrogens with zero attached hydrogens (tertiary/aromatic N) is 5. The van der Waals surface area contributed by atoms with Gasteiger partial charge >= 0.3 is 0 Å². The number of carbonyl (C=O) groups excluding carboxylic acids is 1. The highest BCUT2D eigenvalue weighted by atomic mass is 16.5. The second-order valence-electron chi connectivity index (χ2n) is 6.70. The lowest BCUT2D eigenvalue weighted by molar-refractivity contribution is 0.0525. The minimum absolute atomic E-state index is 0.0337. The molecule has 1 aliphatic rings. The van der Waals surface area contributed by atoms with E-state index in [2.05, 4.69) is 15.1 Å². The van der Waals surface area contributed by atoms with Gasteiger partial charge < -0.3 is 9.64 Å². The SMILES string of the molecule is Cc1cc(OC2CCCN(C(=O)c3c(C)nn(C)c3C)C2)nc(C)n1. The molecule has 1 unspecified atom stereocenters. The molecule has 0 bridgehead atoms. The number of aromatic nitrogens is 4. The molecule has 0 N–H and O–H groups in total. The molecular weight excluding hydrogens is 318 g/mol. The van der Waals surface area contributed by atoms with Gasteiger partial charge in [-0.1, -0.05) is 0 Å². The summed E-state index contributed by atoms with van der Waals surface area (Å²) < 4.78 is 7.79. The molecule has 1 saturated heterocycles. The fraction of sp³-hybridized carbons (Fsp3) is 0.556. The second-order valence-corrected chi connectivity index (χ2v) is 6.70. The van der Waals surface area contributed by atoms with E-state index in [-0.39, 0.29) is 12.0 Å². The number of rotatable bonds is 3. The smallest absolute Gasteiger partial charge is 0.257 e. The molecule has 3 rings (SSSR count). The summed E-state index contributed by atoms with van der Waals surface area (Å²) in [6.07, 6.45) is 1.78. The Hall–Kier alpha value is -2.44. The van der Waals surface area contributed by atoms with Crippen molar-refractivity contribution in [3.8, 4) is 5.88 Å². The molecule has 7 nitrogen and oxygen atoms in total. The third-order valence-corrected chi connectivity index (χ3v) is 4.62. The quantitative estimate of drug-likeness (QED) is 0.853. The van der Waals surface area contributed by atoms with Gasteiger partial charge in [0.25, 0.3) is 5.91 Å². The fourth-order valence-corrected chi connectivity index (χ4v) is 3.37. The third kappa shape index (κ3) is 3.65. The highest BCUT2D eigenvalue weighted by Crippen LogP contribution is 2.21. The summed E-state index contributed by atoms with van der Waals surface area (Å²) in [7, 11) is 1.86. The maximum absolute atomic E-state index is 13.0. The van der Waals surface area contributed by atoms with Crippen LogP contribution in [0.3, 0.4) is 0 Å². The van der Waals surface area contributed by atoms with E-state index >= 15 is 0 Å². The summed E-state index contributed by atoms with van der Waals surface area (Å²) in [5, 5.41) is 4.35. The van der Waals surface area contributed by atoms with Gasteiger partial charge in [-0.3, -0.25) is 9.48 Å². The van der Waals surface area contributed by atoms with E-state index in [4.69, 9.17) is 4.74 Å². The summed E-state index contributed by atoms with van der Waals surface area (Å²) in [5.74, 6) is 1.31. The van der Waals surface area contributed by atoms with E-state index in [9.17, 15) is 4.79 Å². The summed E-state index contributed by atoms with van der Waals surface area (Å²) in [4.78, 5) is 23.4. The van der Waals surface area contributed by atoms with Gasteiger partial charge in [-0.05, 0) is 40.5 Å². The topological polar surface area (TPSA) is 73.1 Å². The first-order chi connectivity index (χ1) is 11.8. The molecule has 0 saturated carbocycles. The number of ether oxygens (including phenoxy) is 1. The van der Waals surface area contributed by atoms with Crippen molar-refractivity contribution in [1.29, 1.82) is 0 Å². The van der Waals surface area contributed by atoms with Crippen LogP contribution in [0.1, 0.15) is 46.1 Å². The molecular formula is C18H25N5O2. The lowest BCUT2D eigenvalue weighted by Gasteiger charge is -2.32. The zero-order chi connectivity index (χ0) is 18.1.